The Morgan fingerprint density at radius 3 is 2.79 bits per heavy atom. The molecule has 0 saturated heterocycles. The number of aromatic nitrogens is 1. The second-order valence-corrected chi connectivity index (χ2v) is 5.87. The van der Waals surface area contributed by atoms with E-state index < -0.39 is 12.0 Å². The molecule has 0 spiro atoms. The minimum absolute atomic E-state index is 0.132. The van der Waals surface area contributed by atoms with Gasteiger partial charge >= 0.3 is 0 Å². The van der Waals surface area contributed by atoms with Gasteiger partial charge < -0.3 is 15.4 Å². The summed E-state index contributed by atoms with van der Waals surface area (Å²) < 4.78 is 5.49. The highest BCUT2D eigenvalue weighted by molar-refractivity contribution is 5.96. The van der Waals surface area contributed by atoms with E-state index in [1.807, 2.05) is 18.2 Å². The fourth-order valence-electron chi connectivity index (χ4n) is 2.74. The van der Waals surface area contributed by atoms with Crippen LogP contribution in [0.3, 0.4) is 0 Å². The Kier molecular flexibility index (Phi) is 4.20. The standard InChI is InChI=1S/C18H19N3O3/c1-11(18(19)23)24-15-8-14(9-20-10-15)12-3-5-16-13(7-12)4-6-17(22)21(16)2/h3,5,7-11H,4,6H2,1-2H3,(H2,19,23). The van der Waals surface area contributed by atoms with Crippen molar-refractivity contribution in [3.8, 4) is 16.9 Å². The predicted molar refractivity (Wildman–Crippen MR) is 90.7 cm³/mol. The molecule has 2 aromatic rings. The normalized spacial score (nSPS) is 14.9. The molecule has 1 aromatic heterocycles. The van der Waals surface area contributed by atoms with E-state index in [0.717, 1.165) is 28.8 Å². The number of pyridine rings is 1. The third-order valence-corrected chi connectivity index (χ3v) is 4.18. The van der Waals surface area contributed by atoms with Gasteiger partial charge in [-0.05, 0) is 42.7 Å². The zero-order chi connectivity index (χ0) is 17.3. The third kappa shape index (κ3) is 3.08. The molecule has 1 aliphatic heterocycles. The molecule has 0 radical (unpaired) electrons. The summed E-state index contributed by atoms with van der Waals surface area (Å²) >= 11 is 0. The van der Waals surface area contributed by atoms with Crippen molar-refractivity contribution in [1.29, 1.82) is 0 Å². The first kappa shape index (κ1) is 16.0. The van der Waals surface area contributed by atoms with Gasteiger partial charge in [0.1, 0.15) is 5.75 Å². The number of carbonyl (C=O) groups is 2. The number of carbonyl (C=O) groups excluding carboxylic acids is 2. The van der Waals surface area contributed by atoms with E-state index in [4.69, 9.17) is 10.5 Å². The Morgan fingerprint density at radius 2 is 2.04 bits per heavy atom. The Hall–Kier alpha value is -2.89. The summed E-state index contributed by atoms with van der Waals surface area (Å²) in [6.07, 6.45) is 3.82. The highest BCUT2D eigenvalue weighted by atomic mass is 16.5. The lowest BCUT2D eigenvalue weighted by atomic mass is 9.97. The number of nitrogens with zero attached hydrogens (tertiary/aromatic N) is 2. The van der Waals surface area contributed by atoms with Gasteiger partial charge in [0.15, 0.2) is 6.10 Å². The fraction of sp³-hybridized carbons (Fsp3) is 0.278. The maximum absolute atomic E-state index is 11.8. The molecule has 0 saturated carbocycles. The molecule has 3 rings (SSSR count). The summed E-state index contributed by atoms with van der Waals surface area (Å²) in [7, 11) is 1.79. The molecular formula is C18H19N3O3. The van der Waals surface area contributed by atoms with Gasteiger partial charge in [-0.15, -0.1) is 0 Å². The van der Waals surface area contributed by atoms with E-state index in [2.05, 4.69) is 11.1 Å². The Morgan fingerprint density at radius 1 is 1.25 bits per heavy atom. The van der Waals surface area contributed by atoms with E-state index in [1.165, 1.54) is 0 Å². The summed E-state index contributed by atoms with van der Waals surface area (Å²) in [6.45, 7) is 1.60. The molecule has 124 valence electrons. The van der Waals surface area contributed by atoms with Crippen LogP contribution in [0, 0.1) is 0 Å². The van der Waals surface area contributed by atoms with E-state index >= 15 is 0 Å². The molecule has 1 atom stereocenters. The second-order valence-electron chi connectivity index (χ2n) is 5.87. The van der Waals surface area contributed by atoms with Crippen LogP contribution in [0.25, 0.3) is 11.1 Å². The number of hydrogen-bond acceptors (Lipinski definition) is 4. The van der Waals surface area contributed by atoms with Crippen LogP contribution in [0.4, 0.5) is 5.69 Å². The van der Waals surface area contributed by atoms with Crippen molar-refractivity contribution in [2.45, 2.75) is 25.9 Å². The van der Waals surface area contributed by atoms with Gasteiger partial charge in [-0.1, -0.05) is 6.07 Å². The van der Waals surface area contributed by atoms with Crippen molar-refractivity contribution >= 4 is 17.5 Å². The van der Waals surface area contributed by atoms with Crippen LogP contribution in [0.5, 0.6) is 5.75 Å². The van der Waals surface area contributed by atoms with E-state index in [0.29, 0.717) is 12.2 Å². The summed E-state index contributed by atoms with van der Waals surface area (Å²) in [6, 6.07) is 7.79. The van der Waals surface area contributed by atoms with Crippen molar-refractivity contribution < 1.29 is 14.3 Å². The first-order valence-electron chi connectivity index (χ1n) is 7.76. The molecular weight excluding hydrogens is 306 g/mol. The number of benzene rings is 1. The lowest BCUT2D eigenvalue weighted by Crippen LogP contribution is -2.31. The number of rotatable bonds is 4. The van der Waals surface area contributed by atoms with Gasteiger partial charge in [0.05, 0.1) is 6.20 Å². The van der Waals surface area contributed by atoms with Crippen LogP contribution >= 0.6 is 0 Å². The largest absolute Gasteiger partial charge is 0.479 e. The van der Waals surface area contributed by atoms with Crippen molar-refractivity contribution in [3.63, 3.8) is 0 Å². The summed E-state index contributed by atoms with van der Waals surface area (Å²) in [5, 5.41) is 0. The average molecular weight is 325 g/mol. The summed E-state index contributed by atoms with van der Waals surface area (Å²) in [5.74, 6) is 0.0958. The van der Waals surface area contributed by atoms with Gasteiger partial charge in [-0.2, -0.15) is 0 Å². The first-order valence-corrected chi connectivity index (χ1v) is 7.76. The molecule has 24 heavy (non-hydrogen) atoms. The van der Waals surface area contributed by atoms with Gasteiger partial charge in [0.2, 0.25) is 5.91 Å². The fourth-order valence-corrected chi connectivity index (χ4v) is 2.74. The Bertz CT molecular complexity index is 804. The number of primary amides is 1. The third-order valence-electron chi connectivity index (χ3n) is 4.18. The molecule has 2 N–H and O–H groups in total. The maximum atomic E-state index is 11.8. The highest BCUT2D eigenvalue weighted by Gasteiger charge is 2.21. The van der Waals surface area contributed by atoms with Gasteiger partial charge in [-0.25, -0.2) is 0 Å². The number of ether oxygens (including phenoxy) is 1. The van der Waals surface area contributed by atoms with Crippen LogP contribution < -0.4 is 15.4 Å². The van der Waals surface area contributed by atoms with Crippen molar-refractivity contribution in [3.05, 3.63) is 42.2 Å². The number of amides is 2. The minimum atomic E-state index is -0.717. The van der Waals surface area contributed by atoms with Crippen LogP contribution in [-0.4, -0.2) is 29.9 Å². The van der Waals surface area contributed by atoms with E-state index in [-0.39, 0.29) is 5.91 Å². The highest BCUT2D eigenvalue weighted by Crippen LogP contribution is 2.32. The number of anilines is 1. The zero-order valence-corrected chi connectivity index (χ0v) is 13.7. The van der Waals surface area contributed by atoms with E-state index in [1.54, 1.807) is 31.3 Å². The molecule has 6 heteroatoms. The SMILES string of the molecule is CC(Oc1cncc(-c2ccc3c(c2)CCC(=O)N3C)c1)C(N)=O. The van der Waals surface area contributed by atoms with Crippen molar-refractivity contribution in [2.75, 3.05) is 11.9 Å². The second kappa shape index (κ2) is 6.31. The molecule has 2 amide bonds. The van der Waals surface area contributed by atoms with Gasteiger partial charge in [0.25, 0.3) is 5.91 Å². The lowest BCUT2D eigenvalue weighted by molar-refractivity contribution is -0.124. The summed E-state index contributed by atoms with van der Waals surface area (Å²) in [4.78, 5) is 28.8. The lowest BCUT2D eigenvalue weighted by Gasteiger charge is -2.26. The van der Waals surface area contributed by atoms with Crippen LogP contribution in [0.2, 0.25) is 0 Å². The summed E-state index contributed by atoms with van der Waals surface area (Å²) in [5.41, 5.74) is 9.16. The molecule has 1 aliphatic rings. The smallest absolute Gasteiger partial charge is 0.258 e. The average Bonchev–Trinajstić information content (AvgIpc) is 2.58. The van der Waals surface area contributed by atoms with Gasteiger partial charge in [-0.3, -0.25) is 14.6 Å². The number of nitrogens with two attached hydrogens (primary N) is 1. The van der Waals surface area contributed by atoms with Crippen LogP contribution in [0.15, 0.2) is 36.7 Å². The molecule has 2 heterocycles. The molecule has 1 unspecified atom stereocenters. The topological polar surface area (TPSA) is 85.5 Å². The van der Waals surface area contributed by atoms with Crippen molar-refractivity contribution in [1.82, 2.24) is 4.98 Å². The Labute approximate surface area is 140 Å². The quantitative estimate of drug-likeness (QED) is 0.930. The van der Waals surface area contributed by atoms with Gasteiger partial charge in [0, 0.05) is 30.9 Å². The molecule has 0 aliphatic carbocycles. The zero-order valence-electron chi connectivity index (χ0n) is 13.7. The number of aryl methyl sites for hydroxylation is 1. The molecule has 0 bridgehead atoms. The van der Waals surface area contributed by atoms with Crippen molar-refractivity contribution in [2.24, 2.45) is 5.73 Å². The minimum Gasteiger partial charge on any atom is -0.479 e. The first-order chi connectivity index (χ1) is 11.5. The van der Waals surface area contributed by atoms with E-state index in [9.17, 15) is 9.59 Å². The monoisotopic (exact) mass is 325 g/mol. The predicted octanol–water partition coefficient (Wildman–Crippen LogP) is 1.91. The maximum Gasteiger partial charge on any atom is 0.258 e. The molecule has 1 aromatic carbocycles. The number of hydrogen-bond donors (Lipinski definition) is 1. The molecule has 0 fully saturated rings. The molecule has 6 nitrogen and oxygen atoms in total. The van der Waals surface area contributed by atoms with Crippen LogP contribution in [-0.2, 0) is 16.0 Å². The van der Waals surface area contributed by atoms with Crippen LogP contribution in [0.1, 0.15) is 18.9 Å². The number of fused-ring (bicyclic) bond motifs is 1. The Balaban J connectivity index is 1.90.